The molecule has 0 amide bonds. The van der Waals surface area contributed by atoms with Gasteiger partial charge in [-0.3, -0.25) is 0 Å². The van der Waals surface area contributed by atoms with E-state index in [2.05, 4.69) is 33.9 Å². The van der Waals surface area contributed by atoms with Crippen LogP contribution in [0.1, 0.15) is 21.6 Å². The highest BCUT2D eigenvalue weighted by atomic mass is 32.2. The van der Waals surface area contributed by atoms with Gasteiger partial charge in [-0.15, -0.1) is 11.3 Å². The summed E-state index contributed by atoms with van der Waals surface area (Å²) >= 11 is 1.66. The molecule has 3 aromatic rings. The maximum atomic E-state index is 11.7. The minimum absolute atomic E-state index is 0.0298. The highest BCUT2D eigenvalue weighted by molar-refractivity contribution is 7.88. The summed E-state index contributed by atoms with van der Waals surface area (Å²) in [7, 11) is -1.85. The molecule has 6 nitrogen and oxygen atoms in total. The van der Waals surface area contributed by atoms with Crippen molar-refractivity contribution in [2.75, 3.05) is 12.4 Å². The fraction of sp³-hybridized carbons (Fsp3) is 0.294. The van der Waals surface area contributed by atoms with Gasteiger partial charge in [0.15, 0.2) is 0 Å². The van der Waals surface area contributed by atoms with E-state index in [0.29, 0.717) is 6.54 Å². The lowest BCUT2D eigenvalue weighted by atomic mass is 10.1. The van der Waals surface area contributed by atoms with E-state index >= 15 is 0 Å². The predicted molar refractivity (Wildman–Crippen MR) is 102 cm³/mol. The highest BCUT2D eigenvalue weighted by Crippen LogP contribution is 2.32. The molecule has 132 valence electrons. The van der Waals surface area contributed by atoms with Gasteiger partial charge < -0.3 is 5.32 Å². The van der Waals surface area contributed by atoms with Crippen LogP contribution in [0.2, 0.25) is 0 Å². The summed E-state index contributed by atoms with van der Waals surface area (Å²) < 4.78 is 25.7. The molecule has 0 aliphatic carbocycles. The fourth-order valence-corrected chi connectivity index (χ4v) is 4.38. The smallest absolute Gasteiger partial charge is 0.215 e. The van der Waals surface area contributed by atoms with Gasteiger partial charge in [-0.1, -0.05) is 24.3 Å². The molecule has 3 rings (SSSR count). The van der Waals surface area contributed by atoms with Gasteiger partial charge in [0.1, 0.15) is 17.0 Å². The van der Waals surface area contributed by atoms with Gasteiger partial charge in [0.05, 0.1) is 11.1 Å². The number of sulfonamides is 1. The Morgan fingerprint density at radius 3 is 2.68 bits per heavy atom. The third-order valence-corrected chi connectivity index (χ3v) is 6.54. The number of hydrogen-bond donors (Lipinski definition) is 2. The zero-order chi connectivity index (χ0) is 18.0. The van der Waals surface area contributed by atoms with Gasteiger partial charge in [-0.2, -0.15) is 0 Å². The van der Waals surface area contributed by atoms with Crippen molar-refractivity contribution < 1.29 is 8.42 Å². The van der Waals surface area contributed by atoms with Crippen molar-refractivity contribution in [2.24, 2.45) is 0 Å². The molecule has 0 radical (unpaired) electrons. The number of hydrogen-bond acceptors (Lipinski definition) is 6. The molecule has 0 spiro atoms. The van der Waals surface area contributed by atoms with E-state index in [0.717, 1.165) is 27.2 Å². The zero-order valence-electron chi connectivity index (χ0n) is 14.3. The van der Waals surface area contributed by atoms with Crippen LogP contribution < -0.4 is 10.0 Å². The van der Waals surface area contributed by atoms with E-state index in [1.807, 2.05) is 24.3 Å². The number of anilines is 1. The van der Waals surface area contributed by atoms with Crippen molar-refractivity contribution in [1.82, 2.24) is 14.7 Å². The van der Waals surface area contributed by atoms with Crippen LogP contribution >= 0.6 is 11.3 Å². The van der Waals surface area contributed by atoms with Crippen LogP contribution in [0.3, 0.4) is 0 Å². The molecule has 0 saturated carbocycles. The van der Waals surface area contributed by atoms with Gasteiger partial charge in [0.2, 0.25) is 10.0 Å². The van der Waals surface area contributed by atoms with Crippen LogP contribution in [-0.2, 0) is 22.3 Å². The van der Waals surface area contributed by atoms with Crippen LogP contribution in [0, 0.1) is 13.8 Å². The molecule has 25 heavy (non-hydrogen) atoms. The summed E-state index contributed by atoms with van der Waals surface area (Å²) in [5, 5.41) is 4.41. The van der Waals surface area contributed by atoms with Gasteiger partial charge in [0.25, 0.3) is 0 Å². The first-order valence-corrected chi connectivity index (χ1v) is 10.3. The molecular formula is C17H20N4O2S2. The minimum Gasteiger partial charge on any atom is -0.365 e. The highest BCUT2D eigenvalue weighted by Gasteiger charge is 2.12. The number of nitrogens with one attached hydrogen (secondary N) is 2. The number of thiophene rings is 1. The summed E-state index contributed by atoms with van der Waals surface area (Å²) in [5.74, 6) is 0.776. The summed E-state index contributed by atoms with van der Waals surface area (Å²) in [4.78, 5) is 10.9. The van der Waals surface area contributed by atoms with Gasteiger partial charge in [-0.25, -0.2) is 23.1 Å². The number of aryl methyl sites for hydroxylation is 2. The topological polar surface area (TPSA) is 84.0 Å². The second kappa shape index (κ2) is 7.07. The number of aromatic nitrogens is 2. The molecule has 1 aromatic carbocycles. The predicted octanol–water partition coefficient (Wildman–Crippen LogP) is 2.97. The maximum absolute atomic E-state index is 11.7. The Morgan fingerprint density at radius 2 is 1.92 bits per heavy atom. The molecule has 0 bridgehead atoms. The van der Waals surface area contributed by atoms with Crippen molar-refractivity contribution in [3.8, 4) is 0 Å². The van der Waals surface area contributed by atoms with Crippen molar-refractivity contribution in [2.45, 2.75) is 26.1 Å². The number of benzene rings is 1. The van der Waals surface area contributed by atoms with Gasteiger partial charge in [0, 0.05) is 11.4 Å². The first-order chi connectivity index (χ1) is 11.9. The molecule has 2 aromatic heterocycles. The number of fused-ring (bicyclic) bond motifs is 1. The van der Waals surface area contributed by atoms with E-state index in [-0.39, 0.29) is 5.75 Å². The number of nitrogens with zero attached hydrogens (tertiary/aromatic N) is 2. The lowest BCUT2D eigenvalue weighted by Gasteiger charge is -2.09. The Balaban J connectivity index is 1.81. The third-order valence-electron chi connectivity index (χ3n) is 4.08. The summed E-state index contributed by atoms with van der Waals surface area (Å²) in [5.41, 5.74) is 2.95. The molecule has 0 aliphatic heterocycles. The fourth-order valence-electron chi connectivity index (χ4n) is 2.62. The Bertz CT molecular complexity index is 1010. The molecule has 0 unspecified atom stereocenters. The normalized spacial score (nSPS) is 11.8. The summed E-state index contributed by atoms with van der Waals surface area (Å²) in [6, 6.07) is 7.54. The molecule has 0 atom stereocenters. The van der Waals surface area contributed by atoms with Gasteiger partial charge in [-0.05, 0) is 37.6 Å². The van der Waals surface area contributed by atoms with E-state index in [9.17, 15) is 8.42 Å². The third kappa shape index (κ3) is 3.97. The van der Waals surface area contributed by atoms with Crippen LogP contribution in [0.15, 0.2) is 30.6 Å². The molecular weight excluding hydrogens is 356 g/mol. The Kier molecular flexibility index (Phi) is 5.03. The van der Waals surface area contributed by atoms with Crippen LogP contribution in [0.25, 0.3) is 10.2 Å². The van der Waals surface area contributed by atoms with Crippen molar-refractivity contribution in [3.63, 3.8) is 0 Å². The first kappa shape index (κ1) is 17.8. The van der Waals surface area contributed by atoms with Gasteiger partial charge >= 0.3 is 0 Å². The van der Waals surface area contributed by atoms with Crippen molar-refractivity contribution in [3.05, 3.63) is 52.2 Å². The molecule has 0 aliphatic rings. The second-order valence-electron chi connectivity index (χ2n) is 5.82. The van der Waals surface area contributed by atoms with E-state index in [1.165, 1.54) is 17.5 Å². The Hall–Kier alpha value is -2.03. The lowest BCUT2D eigenvalue weighted by Crippen LogP contribution is -2.20. The SMILES string of the molecule is CNS(=O)(=O)Cc1cccc(CNc2ncnc3sc(C)c(C)c23)c1. The molecule has 0 fully saturated rings. The van der Waals surface area contributed by atoms with E-state index < -0.39 is 10.0 Å². The van der Waals surface area contributed by atoms with Crippen LogP contribution in [-0.4, -0.2) is 25.4 Å². The molecule has 2 N–H and O–H groups in total. The molecule has 2 heterocycles. The maximum Gasteiger partial charge on any atom is 0.215 e. The largest absolute Gasteiger partial charge is 0.365 e. The zero-order valence-corrected chi connectivity index (χ0v) is 16.0. The van der Waals surface area contributed by atoms with Crippen molar-refractivity contribution in [1.29, 1.82) is 0 Å². The molecule has 8 heteroatoms. The average molecular weight is 377 g/mol. The summed E-state index contributed by atoms with van der Waals surface area (Å²) in [6.45, 7) is 4.72. The summed E-state index contributed by atoms with van der Waals surface area (Å²) in [6.07, 6.45) is 1.57. The van der Waals surface area contributed by atoms with Crippen molar-refractivity contribution >= 4 is 37.4 Å². The average Bonchev–Trinajstić information content (AvgIpc) is 2.88. The Morgan fingerprint density at radius 1 is 1.16 bits per heavy atom. The Labute approximate surface area is 151 Å². The van der Waals surface area contributed by atoms with Crippen LogP contribution in [0.4, 0.5) is 5.82 Å². The second-order valence-corrected chi connectivity index (χ2v) is 8.95. The monoisotopic (exact) mass is 376 g/mol. The van der Waals surface area contributed by atoms with Crippen LogP contribution in [0.5, 0.6) is 0 Å². The quantitative estimate of drug-likeness (QED) is 0.691. The molecule has 0 saturated heterocycles. The lowest BCUT2D eigenvalue weighted by molar-refractivity contribution is 0.587. The van der Waals surface area contributed by atoms with E-state index in [1.54, 1.807) is 17.7 Å². The first-order valence-electron chi connectivity index (χ1n) is 7.83. The van der Waals surface area contributed by atoms with E-state index in [4.69, 9.17) is 0 Å². The number of rotatable bonds is 6. The minimum atomic E-state index is -3.28. The standard InChI is InChI=1S/C17H20N4O2S2/c1-11-12(2)24-17-15(11)16(20-10-21-17)19-8-13-5-4-6-14(7-13)9-25(22,23)18-3/h4-7,10,18H,8-9H2,1-3H3,(H,19,20,21).